The average Bonchev–Trinajstić information content (AvgIpc) is 2.29. The summed E-state index contributed by atoms with van der Waals surface area (Å²) in [5, 5.41) is 17.8. The summed E-state index contributed by atoms with van der Waals surface area (Å²) in [4.78, 5) is 0. The van der Waals surface area contributed by atoms with Gasteiger partial charge in [0, 0.05) is 13.7 Å². The Balaban J connectivity index is 2.27. The van der Waals surface area contributed by atoms with Crippen molar-refractivity contribution in [2.24, 2.45) is 0 Å². The quantitative estimate of drug-likeness (QED) is 0.512. The predicted molar refractivity (Wildman–Crippen MR) is 62.9 cm³/mol. The van der Waals surface area contributed by atoms with E-state index in [4.69, 9.17) is 19.5 Å². The lowest BCUT2D eigenvalue weighted by atomic mass is 9.80. The van der Waals surface area contributed by atoms with Crippen LogP contribution in [-0.2, 0) is 4.74 Å². The van der Waals surface area contributed by atoms with Gasteiger partial charge in [0.2, 0.25) is 0 Å². The monoisotopic (exact) mass is 224 g/mol. The van der Waals surface area contributed by atoms with Crippen molar-refractivity contribution in [3.05, 3.63) is 24.3 Å². The van der Waals surface area contributed by atoms with Crippen LogP contribution in [0, 0.1) is 0 Å². The summed E-state index contributed by atoms with van der Waals surface area (Å²) in [5.41, 5.74) is 0.465. The zero-order chi connectivity index (χ0) is 11.8. The van der Waals surface area contributed by atoms with Gasteiger partial charge < -0.3 is 19.5 Å². The second-order valence-electron chi connectivity index (χ2n) is 3.49. The molecule has 1 aromatic rings. The first kappa shape index (κ1) is 13.0. The molecule has 0 saturated carbocycles. The third-order valence-electron chi connectivity index (χ3n) is 2.19. The third kappa shape index (κ3) is 4.66. The maximum atomic E-state index is 8.89. The van der Waals surface area contributed by atoms with Gasteiger partial charge in [-0.2, -0.15) is 0 Å². The van der Waals surface area contributed by atoms with Gasteiger partial charge in [0.25, 0.3) is 0 Å². The minimum absolute atomic E-state index is 0.465. The van der Waals surface area contributed by atoms with E-state index in [1.807, 2.05) is 0 Å². The maximum absolute atomic E-state index is 8.89. The van der Waals surface area contributed by atoms with E-state index in [1.165, 1.54) is 0 Å². The van der Waals surface area contributed by atoms with Gasteiger partial charge in [-0.3, -0.25) is 0 Å². The van der Waals surface area contributed by atoms with Gasteiger partial charge in [0.15, 0.2) is 0 Å². The van der Waals surface area contributed by atoms with Gasteiger partial charge in [-0.05, 0) is 30.4 Å². The Hall–Kier alpha value is -1.04. The standard InChI is InChI=1S/C11H17BO4/c1-15-8-2-3-9-16-11-6-4-10(5-7-11)12(13)14/h4-7,13-14H,2-3,8-9H2,1H3. The lowest BCUT2D eigenvalue weighted by Gasteiger charge is -2.06. The van der Waals surface area contributed by atoms with Crippen molar-refractivity contribution >= 4 is 12.6 Å². The van der Waals surface area contributed by atoms with E-state index in [-0.39, 0.29) is 0 Å². The zero-order valence-corrected chi connectivity index (χ0v) is 9.43. The highest BCUT2D eigenvalue weighted by Gasteiger charge is 2.09. The molecule has 0 unspecified atom stereocenters. The molecule has 0 atom stereocenters. The van der Waals surface area contributed by atoms with Crippen molar-refractivity contribution in [2.75, 3.05) is 20.3 Å². The first-order chi connectivity index (χ1) is 7.74. The van der Waals surface area contributed by atoms with Gasteiger partial charge in [-0.1, -0.05) is 12.1 Å². The minimum Gasteiger partial charge on any atom is -0.494 e. The van der Waals surface area contributed by atoms with E-state index in [0.717, 1.165) is 25.2 Å². The molecule has 1 aromatic carbocycles. The fourth-order valence-electron chi connectivity index (χ4n) is 1.27. The molecule has 2 N–H and O–H groups in total. The van der Waals surface area contributed by atoms with E-state index < -0.39 is 7.12 Å². The van der Waals surface area contributed by atoms with E-state index in [0.29, 0.717) is 12.1 Å². The average molecular weight is 224 g/mol. The Morgan fingerprint density at radius 3 is 2.25 bits per heavy atom. The summed E-state index contributed by atoms with van der Waals surface area (Å²) >= 11 is 0. The van der Waals surface area contributed by atoms with Gasteiger partial charge in [0.05, 0.1) is 6.61 Å². The van der Waals surface area contributed by atoms with Crippen LogP contribution >= 0.6 is 0 Å². The Kier molecular flexibility index (Phi) is 5.92. The first-order valence-corrected chi connectivity index (χ1v) is 5.32. The molecule has 0 bridgehead atoms. The molecule has 0 amide bonds. The van der Waals surface area contributed by atoms with E-state index in [1.54, 1.807) is 31.4 Å². The summed E-state index contributed by atoms with van der Waals surface area (Å²) in [6.07, 6.45) is 1.92. The Labute approximate surface area is 96.0 Å². The van der Waals surface area contributed by atoms with Crippen molar-refractivity contribution < 1.29 is 19.5 Å². The molecule has 0 fully saturated rings. The highest BCUT2D eigenvalue weighted by atomic mass is 16.5. The van der Waals surface area contributed by atoms with Gasteiger partial charge in [-0.15, -0.1) is 0 Å². The van der Waals surface area contributed by atoms with Crippen LogP contribution in [0.5, 0.6) is 5.75 Å². The number of hydrogen-bond donors (Lipinski definition) is 2. The van der Waals surface area contributed by atoms with Crippen molar-refractivity contribution in [3.8, 4) is 5.75 Å². The number of hydrogen-bond acceptors (Lipinski definition) is 4. The smallest absolute Gasteiger partial charge is 0.488 e. The van der Waals surface area contributed by atoms with Crippen LogP contribution in [0.4, 0.5) is 0 Å². The molecule has 16 heavy (non-hydrogen) atoms. The van der Waals surface area contributed by atoms with Crippen LogP contribution in [0.15, 0.2) is 24.3 Å². The van der Waals surface area contributed by atoms with Crippen molar-refractivity contribution in [2.45, 2.75) is 12.8 Å². The van der Waals surface area contributed by atoms with E-state index in [2.05, 4.69) is 0 Å². The van der Waals surface area contributed by atoms with E-state index >= 15 is 0 Å². The molecule has 0 heterocycles. The highest BCUT2D eigenvalue weighted by Crippen LogP contribution is 2.08. The van der Waals surface area contributed by atoms with E-state index in [9.17, 15) is 0 Å². The molecule has 1 rings (SSSR count). The third-order valence-corrected chi connectivity index (χ3v) is 2.19. The fourth-order valence-corrected chi connectivity index (χ4v) is 1.27. The number of benzene rings is 1. The molecule has 0 saturated heterocycles. The van der Waals surface area contributed by atoms with Crippen LogP contribution in [-0.4, -0.2) is 37.5 Å². The molecule has 0 aliphatic carbocycles. The summed E-state index contributed by atoms with van der Waals surface area (Å²) < 4.78 is 10.4. The second-order valence-corrected chi connectivity index (χ2v) is 3.49. The predicted octanol–water partition coefficient (Wildman–Crippen LogP) is 0.172. The molecular weight excluding hydrogens is 207 g/mol. The summed E-state index contributed by atoms with van der Waals surface area (Å²) in [7, 11) is 0.260. The zero-order valence-electron chi connectivity index (χ0n) is 9.43. The van der Waals surface area contributed by atoms with Crippen LogP contribution < -0.4 is 10.2 Å². The summed E-state index contributed by atoms with van der Waals surface area (Å²) in [6, 6.07) is 6.72. The molecule has 5 heteroatoms. The number of unbranched alkanes of at least 4 members (excludes halogenated alkanes) is 1. The SMILES string of the molecule is COCCCCOc1ccc(B(O)O)cc1. The normalized spacial score (nSPS) is 10.2. The van der Waals surface area contributed by atoms with Crippen LogP contribution in [0.3, 0.4) is 0 Å². The van der Waals surface area contributed by atoms with Gasteiger partial charge >= 0.3 is 7.12 Å². The number of rotatable bonds is 7. The van der Waals surface area contributed by atoms with Crippen LogP contribution in [0.2, 0.25) is 0 Å². The molecule has 0 aliphatic rings. The molecule has 0 spiro atoms. The lowest BCUT2D eigenvalue weighted by molar-refractivity contribution is 0.184. The van der Waals surface area contributed by atoms with Gasteiger partial charge in [0.1, 0.15) is 5.75 Å². The Morgan fingerprint density at radius 1 is 1.06 bits per heavy atom. The fraction of sp³-hybridized carbons (Fsp3) is 0.455. The van der Waals surface area contributed by atoms with Gasteiger partial charge in [-0.25, -0.2) is 0 Å². The minimum atomic E-state index is -1.42. The topological polar surface area (TPSA) is 58.9 Å². The Morgan fingerprint density at radius 2 is 1.69 bits per heavy atom. The van der Waals surface area contributed by atoms with Crippen molar-refractivity contribution in [1.29, 1.82) is 0 Å². The van der Waals surface area contributed by atoms with Crippen molar-refractivity contribution in [3.63, 3.8) is 0 Å². The maximum Gasteiger partial charge on any atom is 0.488 e. The second kappa shape index (κ2) is 7.27. The highest BCUT2D eigenvalue weighted by molar-refractivity contribution is 6.58. The van der Waals surface area contributed by atoms with Crippen LogP contribution in [0.1, 0.15) is 12.8 Å². The number of methoxy groups -OCH3 is 1. The van der Waals surface area contributed by atoms with Crippen molar-refractivity contribution in [1.82, 2.24) is 0 Å². The lowest BCUT2D eigenvalue weighted by Crippen LogP contribution is -2.29. The number of ether oxygens (including phenoxy) is 2. The molecular formula is C11H17BO4. The Bertz CT molecular complexity index is 287. The molecule has 0 aromatic heterocycles. The molecule has 88 valence electrons. The largest absolute Gasteiger partial charge is 0.494 e. The molecule has 0 radical (unpaired) electrons. The summed E-state index contributed by atoms with van der Waals surface area (Å²) in [6.45, 7) is 1.39. The first-order valence-electron chi connectivity index (χ1n) is 5.32. The molecule has 4 nitrogen and oxygen atoms in total. The summed E-state index contributed by atoms with van der Waals surface area (Å²) in [5.74, 6) is 0.738. The molecule has 0 aliphatic heterocycles. The van der Waals surface area contributed by atoms with Crippen LogP contribution in [0.25, 0.3) is 0 Å².